The summed E-state index contributed by atoms with van der Waals surface area (Å²) in [6, 6.07) is 14.8. The first kappa shape index (κ1) is 52.2. The van der Waals surface area contributed by atoms with Crippen molar-refractivity contribution in [3.05, 3.63) is 86.5 Å². The molecule has 2 nitrogen and oxygen atoms in total. The van der Waals surface area contributed by atoms with E-state index in [0.29, 0.717) is 0 Å². The molecule has 0 spiro atoms. The van der Waals surface area contributed by atoms with Crippen LogP contribution in [0, 0.1) is 0 Å². The van der Waals surface area contributed by atoms with Crippen molar-refractivity contribution in [3.63, 3.8) is 0 Å². The van der Waals surface area contributed by atoms with E-state index in [-0.39, 0.29) is 0 Å². The zero-order chi connectivity index (χ0) is 42.2. The quantitative estimate of drug-likeness (QED) is 0.0389. The first-order valence-electron chi connectivity index (χ1n) is 25.1. The van der Waals surface area contributed by atoms with E-state index in [1.165, 1.54) is 203 Å². The molecule has 0 radical (unpaired) electrons. The third-order valence-corrected chi connectivity index (χ3v) is 12.9. The number of rotatable bonds is 33. The fraction of sp³-hybridized carbons (Fsp3) is 0.709. The summed E-state index contributed by atoms with van der Waals surface area (Å²) in [6.07, 6.45) is 35.9. The number of benzene rings is 2. The average molecular weight is 840 g/mol. The van der Waals surface area contributed by atoms with Crippen LogP contribution in [0.2, 0.25) is 10.8 Å². The second-order valence-corrected chi connectivity index (χ2v) is 19.0. The van der Waals surface area contributed by atoms with Crippen LogP contribution in [-0.4, -0.2) is 4.70 Å². The molecule has 3 heteroatoms. The Morgan fingerprint density at radius 1 is 0.345 bits per heavy atom. The van der Waals surface area contributed by atoms with Gasteiger partial charge in [-0.3, -0.25) is 0 Å². The van der Waals surface area contributed by atoms with Crippen LogP contribution in [0.4, 0.5) is 0 Å². The Hall–Kier alpha value is -1.99. The maximum absolute atomic E-state index is 12.7. The molecule has 0 fully saturated rings. The number of hydrogen-bond donors (Lipinski definition) is 0. The molecule has 0 bridgehead atoms. The summed E-state index contributed by atoms with van der Waals surface area (Å²) in [4.78, 5) is 0. The molecule has 332 valence electrons. The van der Waals surface area contributed by atoms with Crippen molar-refractivity contribution in [2.75, 3.05) is 0 Å². The second kappa shape index (κ2) is 33.7. The Balaban J connectivity index is 0.00000218. The number of nitrogens with zero attached hydrogens (tertiary/aromatic N) is 2. The molecule has 0 N–H and O–H groups in total. The molecule has 0 saturated heterocycles. The van der Waals surface area contributed by atoms with E-state index in [4.69, 9.17) is 0 Å². The summed E-state index contributed by atoms with van der Waals surface area (Å²) in [5.41, 5.74) is 26.0. The van der Waals surface area contributed by atoms with Crippen molar-refractivity contribution in [1.29, 1.82) is 0 Å². The fourth-order valence-electron chi connectivity index (χ4n) is 8.58. The predicted molar refractivity (Wildman–Crippen MR) is 256 cm³/mol. The van der Waals surface area contributed by atoms with Gasteiger partial charge in [0.05, 0.1) is 0 Å². The second-order valence-electron chi connectivity index (χ2n) is 17.2. The Labute approximate surface area is 367 Å². The third-order valence-electron chi connectivity index (χ3n) is 11.9. The molecular formula is C55H92N2Ni. The molecule has 0 unspecified atom stereocenters. The molecule has 1 heterocycles. The monoisotopic (exact) mass is 839 g/mol. The van der Waals surface area contributed by atoms with Gasteiger partial charge in [0.2, 0.25) is 11.4 Å². The molecule has 2 aromatic carbocycles. The average Bonchev–Trinajstić information content (AvgIpc) is 3.51. The zero-order valence-electron chi connectivity index (χ0n) is 39.6. The zero-order valence-corrected chi connectivity index (χ0v) is 40.6. The summed E-state index contributed by atoms with van der Waals surface area (Å²) >= 11 is 1.82. The molecule has 58 heavy (non-hydrogen) atoms. The summed E-state index contributed by atoms with van der Waals surface area (Å²) in [5, 5.41) is 2.56. The van der Waals surface area contributed by atoms with E-state index >= 15 is 0 Å². The van der Waals surface area contributed by atoms with Crippen LogP contribution in [-0.2, 0) is 40.1 Å². The van der Waals surface area contributed by atoms with E-state index in [0.717, 1.165) is 49.9 Å². The third kappa shape index (κ3) is 20.0. The van der Waals surface area contributed by atoms with Crippen LogP contribution < -0.4 is 0 Å². The van der Waals surface area contributed by atoms with Crippen LogP contribution in [0.25, 0.3) is 16.9 Å². The summed E-state index contributed by atoms with van der Waals surface area (Å²) in [5.74, 6) is 0. The van der Waals surface area contributed by atoms with Gasteiger partial charge < -0.3 is 5.53 Å². The predicted octanol–water partition coefficient (Wildman–Crippen LogP) is 18.8. The van der Waals surface area contributed by atoms with Crippen LogP contribution in [0.1, 0.15) is 249 Å². The van der Waals surface area contributed by atoms with Crippen molar-refractivity contribution in [3.8, 4) is 0 Å². The molecule has 0 aliphatic carbocycles. The van der Waals surface area contributed by atoms with Crippen molar-refractivity contribution < 1.29 is 19.1 Å². The standard InChI is InChI=1S/C51H82N2.2C2H5.Ni/c1-7-13-19-22-24-27-32-44-37-45(33-28-25-23-20-14-8-2)41-47(40-44)51-49(35-29-21-15-9-3)48(34-26-16-10-4)50(53(51)52)46-38-42(30-17-11-5)36-43(39-46)31-18-12-6;2*1-2;/h36-41H,7-35H2,1-6H3;2*1H2,2H3;. The molecular weight excluding hydrogens is 747 g/mol. The van der Waals surface area contributed by atoms with Crippen molar-refractivity contribution >= 4 is 11.4 Å². The summed E-state index contributed by atoms with van der Waals surface area (Å²) in [7, 11) is 0. The Bertz CT molecular complexity index is 1390. The minimum absolute atomic E-state index is 1.04. The molecule has 2 aromatic rings. The van der Waals surface area contributed by atoms with Gasteiger partial charge in [0, 0.05) is 22.3 Å². The normalized spacial score (nSPS) is 12.9. The topological polar surface area (TPSA) is 25.3 Å². The SMILES string of the molecule is CCCCCCCCc1cc(CCCCCCCC)cc(C2=C(CCCCCC)C(CCCCC)=C(c3cc(CCCC)cc(CCCC)c3)[N+]2=[N-])c1.C[CH2][Ni][CH2]C. The number of aryl methyl sites for hydroxylation is 4. The van der Waals surface area contributed by atoms with E-state index in [9.17, 15) is 5.53 Å². The minimum atomic E-state index is 1.04. The Kier molecular flexibility index (Phi) is 30.3. The van der Waals surface area contributed by atoms with E-state index in [1.54, 1.807) is 4.70 Å². The van der Waals surface area contributed by atoms with Crippen LogP contribution in [0.5, 0.6) is 0 Å². The van der Waals surface area contributed by atoms with Gasteiger partial charge in [0.25, 0.3) is 0 Å². The van der Waals surface area contributed by atoms with Crippen molar-refractivity contribution in [2.45, 2.75) is 252 Å². The Morgan fingerprint density at radius 2 is 0.621 bits per heavy atom. The van der Waals surface area contributed by atoms with Gasteiger partial charge in [0.15, 0.2) is 0 Å². The molecule has 1 aliphatic rings. The number of hydrogen-bond acceptors (Lipinski definition) is 0. The maximum atomic E-state index is 12.7. The molecule has 1 aliphatic heterocycles. The fourth-order valence-corrected chi connectivity index (χ4v) is 9.07. The molecule has 3 rings (SSSR count). The molecule has 0 saturated carbocycles. The van der Waals surface area contributed by atoms with E-state index < -0.39 is 0 Å². The first-order chi connectivity index (χ1) is 28.4. The van der Waals surface area contributed by atoms with Gasteiger partial charge in [-0.05, 0) is 124 Å². The van der Waals surface area contributed by atoms with Gasteiger partial charge in [-0.2, -0.15) is 0 Å². The van der Waals surface area contributed by atoms with Crippen LogP contribution >= 0.6 is 0 Å². The van der Waals surface area contributed by atoms with E-state index in [2.05, 4.69) is 91.8 Å². The number of unbranched alkanes of at least 4 members (excludes halogenated alkanes) is 17. The van der Waals surface area contributed by atoms with Crippen molar-refractivity contribution in [1.82, 2.24) is 0 Å². The van der Waals surface area contributed by atoms with Crippen LogP contribution in [0.15, 0.2) is 47.5 Å². The van der Waals surface area contributed by atoms with Crippen LogP contribution in [0.3, 0.4) is 0 Å². The molecule has 0 amide bonds. The molecule has 0 aromatic heterocycles. The van der Waals surface area contributed by atoms with Gasteiger partial charge >= 0.3 is 39.1 Å². The van der Waals surface area contributed by atoms with E-state index in [1.807, 2.05) is 14.4 Å². The van der Waals surface area contributed by atoms with Gasteiger partial charge in [-0.15, -0.1) is 0 Å². The molecule has 0 atom stereocenters. The number of allylic oxidation sites excluding steroid dienone is 2. The van der Waals surface area contributed by atoms with Crippen molar-refractivity contribution in [2.24, 2.45) is 0 Å². The Morgan fingerprint density at radius 3 is 0.966 bits per heavy atom. The summed E-state index contributed by atoms with van der Waals surface area (Å²) < 4.78 is 1.69. The van der Waals surface area contributed by atoms with Gasteiger partial charge in [-0.1, -0.05) is 163 Å². The van der Waals surface area contributed by atoms with Gasteiger partial charge in [-0.25, -0.2) is 4.70 Å². The summed E-state index contributed by atoms with van der Waals surface area (Å²) in [6.45, 7) is 18.2. The first-order valence-corrected chi connectivity index (χ1v) is 26.5. The van der Waals surface area contributed by atoms with Gasteiger partial charge in [0.1, 0.15) is 0 Å².